The average molecular weight is 243 g/mol. The largest absolute Gasteiger partial charge is 0.459 e. The van der Waals surface area contributed by atoms with E-state index in [2.05, 4.69) is 39.9 Å². The first-order valence-corrected chi connectivity index (χ1v) is 6.41. The molecular weight excluding hydrogens is 214 g/mol. The third-order valence-corrected chi connectivity index (χ3v) is 2.01. The van der Waals surface area contributed by atoms with Crippen molar-refractivity contribution in [3.05, 3.63) is 0 Å². The lowest BCUT2D eigenvalue weighted by molar-refractivity contribution is -0.158. The summed E-state index contributed by atoms with van der Waals surface area (Å²) in [6.45, 7) is 16.1. The molecule has 0 rings (SSSR count). The zero-order valence-electron chi connectivity index (χ0n) is 12.7. The molecule has 0 aromatic rings. The van der Waals surface area contributed by atoms with Gasteiger partial charge in [0.25, 0.3) is 0 Å². The fourth-order valence-electron chi connectivity index (χ4n) is 1.58. The van der Waals surface area contributed by atoms with Gasteiger partial charge in [0.05, 0.1) is 0 Å². The Balaban J connectivity index is 4.63. The van der Waals surface area contributed by atoms with E-state index in [1.54, 1.807) is 0 Å². The van der Waals surface area contributed by atoms with Gasteiger partial charge in [0.15, 0.2) is 0 Å². The van der Waals surface area contributed by atoms with E-state index in [9.17, 15) is 4.79 Å². The van der Waals surface area contributed by atoms with Crippen LogP contribution in [0.5, 0.6) is 0 Å². The van der Waals surface area contributed by atoms with E-state index in [4.69, 9.17) is 4.74 Å². The molecule has 0 saturated carbocycles. The molecule has 0 unspecified atom stereocenters. The smallest absolute Gasteiger partial charge is 0.323 e. The van der Waals surface area contributed by atoms with Crippen LogP contribution < -0.4 is 5.32 Å². The molecule has 1 atom stereocenters. The SMILES string of the molecule is CC(C)C[C@H](NC(C)(C)C)C(=O)OC(C)(C)C. The van der Waals surface area contributed by atoms with Crippen LogP contribution in [0.4, 0.5) is 0 Å². The van der Waals surface area contributed by atoms with Crippen LogP contribution in [0.2, 0.25) is 0 Å². The molecule has 102 valence electrons. The second kappa shape index (κ2) is 5.85. The van der Waals surface area contributed by atoms with Crippen molar-refractivity contribution in [1.82, 2.24) is 5.32 Å². The van der Waals surface area contributed by atoms with Gasteiger partial charge in [-0.3, -0.25) is 10.1 Å². The van der Waals surface area contributed by atoms with Gasteiger partial charge in [0.2, 0.25) is 0 Å². The lowest BCUT2D eigenvalue weighted by atomic mass is 9.99. The summed E-state index contributed by atoms with van der Waals surface area (Å²) in [4.78, 5) is 12.1. The molecule has 0 aromatic carbocycles. The van der Waals surface area contributed by atoms with Crippen molar-refractivity contribution >= 4 is 5.97 Å². The standard InChI is InChI=1S/C14H29NO2/c1-10(2)9-11(15-13(3,4)5)12(16)17-14(6,7)8/h10-11,15H,9H2,1-8H3/t11-/m0/s1. The monoisotopic (exact) mass is 243 g/mol. The molecule has 0 aliphatic rings. The van der Waals surface area contributed by atoms with Crippen LogP contribution >= 0.6 is 0 Å². The Bertz CT molecular complexity index is 246. The third kappa shape index (κ3) is 9.16. The number of rotatable bonds is 4. The van der Waals surface area contributed by atoms with E-state index in [1.807, 2.05) is 20.8 Å². The van der Waals surface area contributed by atoms with Gasteiger partial charge in [-0.15, -0.1) is 0 Å². The van der Waals surface area contributed by atoms with Crippen molar-refractivity contribution in [3.63, 3.8) is 0 Å². The normalized spacial score (nSPS) is 14.9. The molecule has 0 fully saturated rings. The summed E-state index contributed by atoms with van der Waals surface area (Å²) in [7, 11) is 0. The minimum Gasteiger partial charge on any atom is -0.459 e. The summed E-state index contributed by atoms with van der Waals surface area (Å²) in [5.41, 5.74) is -0.512. The first-order valence-electron chi connectivity index (χ1n) is 6.41. The molecule has 3 heteroatoms. The number of hydrogen-bond acceptors (Lipinski definition) is 3. The molecule has 0 spiro atoms. The number of hydrogen-bond donors (Lipinski definition) is 1. The lowest BCUT2D eigenvalue weighted by Gasteiger charge is -2.30. The summed E-state index contributed by atoms with van der Waals surface area (Å²) < 4.78 is 5.45. The summed E-state index contributed by atoms with van der Waals surface area (Å²) in [5, 5.41) is 3.34. The quantitative estimate of drug-likeness (QED) is 0.771. The number of ether oxygens (including phenoxy) is 1. The van der Waals surface area contributed by atoms with Crippen molar-refractivity contribution < 1.29 is 9.53 Å². The second-order valence-electron chi connectivity index (χ2n) is 7.11. The Morgan fingerprint density at radius 3 is 1.88 bits per heavy atom. The minimum absolute atomic E-state index is 0.0868. The molecule has 0 aliphatic heterocycles. The van der Waals surface area contributed by atoms with E-state index in [-0.39, 0.29) is 17.6 Å². The van der Waals surface area contributed by atoms with Gasteiger partial charge in [-0.2, -0.15) is 0 Å². The molecule has 0 radical (unpaired) electrons. The second-order valence-corrected chi connectivity index (χ2v) is 7.11. The van der Waals surface area contributed by atoms with Crippen molar-refractivity contribution in [1.29, 1.82) is 0 Å². The summed E-state index contributed by atoms with van der Waals surface area (Å²) in [5.74, 6) is 0.309. The van der Waals surface area contributed by atoms with Crippen LogP contribution in [0.1, 0.15) is 61.8 Å². The highest BCUT2D eigenvalue weighted by Gasteiger charge is 2.28. The first kappa shape index (κ1) is 16.4. The zero-order chi connectivity index (χ0) is 13.9. The maximum Gasteiger partial charge on any atom is 0.323 e. The number of esters is 1. The lowest BCUT2D eigenvalue weighted by Crippen LogP contribution is -2.50. The summed E-state index contributed by atoms with van der Waals surface area (Å²) >= 11 is 0. The van der Waals surface area contributed by atoms with E-state index in [1.165, 1.54) is 0 Å². The maximum absolute atomic E-state index is 12.1. The van der Waals surface area contributed by atoms with Crippen molar-refractivity contribution in [2.24, 2.45) is 5.92 Å². The van der Waals surface area contributed by atoms with E-state index < -0.39 is 5.60 Å². The van der Waals surface area contributed by atoms with Gasteiger partial charge in [-0.1, -0.05) is 13.8 Å². The summed E-state index contributed by atoms with van der Waals surface area (Å²) in [6.07, 6.45) is 0.798. The Hall–Kier alpha value is -0.570. The predicted molar refractivity (Wildman–Crippen MR) is 72.0 cm³/mol. The number of nitrogens with one attached hydrogen (secondary N) is 1. The topological polar surface area (TPSA) is 38.3 Å². The molecule has 0 heterocycles. The van der Waals surface area contributed by atoms with Gasteiger partial charge in [-0.25, -0.2) is 0 Å². The Morgan fingerprint density at radius 1 is 1.12 bits per heavy atom. The van der Waals surface area contributed by atoms with Crippen LogP contribution in [0.25, 0.3) is 0 Å². The van der Waals surface area contributed by atoms with Crippen LogP contribution in [0.3, 0.4) is 0 Å². The molecule has 0 amide bonds. The van der Waals surface area contributed by atoms with E-state index in [0.717, 1.165) is 6.42 Å². The molecule has 1 N–H and O–H groups in total. The van der Waals surface area contributed by atoms with Crippen LogP contribution in [-0.2, 0) is 9.53 Å². The van der Waals surface area contributed by atoms with Crippen LogP contribution in [-0.4, -0.2) is 23.2 Å². The maximum atomic E-state index is 12.1. The van der Waals surface area contributed by atoms with Gasteiger partial charge < -0.3 is 4.74 Å². The fourth-order valence-corrected chi connectivity index (χ4v) is 1.58. The van der Waals surface area contributed by atoms with Gasteiger partial charge in [0, 0.05) is 5.54 Å². The molecular formula is C14H29NO2. The fraction of sp³-hybridized carbons (Fsp3) is 0.929. The number of carbonyl (C=O) groups is 1. The molecule has 17 heavy (non-hydrogen) atoms. The molecule has 3 nitrogen and oxygen atoms in total. The average Bonchev–Trinajstić information content (AvgIpc) is 1.95. The van der Waals surface area contributed by atoms with Crippen molar-refractivity contribution in [2.45, 2.75) is 79.0 Å². The van der Waals surface area contributed by atoms with Gasteiger partial charge in [0.1, 0.15) is 11.6 Å². The highest BCUT2D eigenvalue weighted by atomic mass is 16.6. The molecule has 0 aliphatic carbocycles. The first-order chi connectivity index (χ1) is 7.41. The minimum atomic E-state index is -0.425. The highest BCUT2D eigenvalue weighted by molar-refractivity contribution is 5.76. The van der Waals surface area contributed by atoms with Crippen LogP contribution in [0, 0.1) is 5.92 Å². The predicted octanol–water partition coefficient (Wildman–Crippen LogP) is 3.13. The van der Waals surface area contributed by atoms with Gasteiger partial charge in [-0.05, 0) is 53.9 Å². The van der Waals surface area contributed by atoms with E-state index in [0.29, 0.717) is 5.92 Å². The van der Waals surface area contributed by atoms with E-state index >= 15 is 0 Å². The highest BCUT2D eigenvalue weighted by Crippen LogP contribution is 2.15. The van der Waals surface area contributed by atoms with Crippen molar-refractivity contribution in [3.8, 4) is 0 Å². The summed E-state index contributed by atoms with van der Waals surface area (Å²) in [6, 6.07) is -0.228. The molecule has 0 aromatic heterocycles. The molecule has 0 saturated heterocycles. The zero-order valence-corrected chi connectivity index (χ0v) is 12.7. The Kier molecular flexibility index (Phi) is 5.66. The third-order valence-electron chi connectivity index (χ3n) is 2.01. The van der Waals surface area contributed by atoms with Crippen LogP contribution in [0.15, 0.2) is 0 Å². The van der Waals surface area contributed by atoms with Crippen molar-refractivity contribution in [2.75, 3.05) is 0 Å². The Morgan fingerprint density at radius 2 is 1.59 bits per heavy atom. The molecule has 0 bridgehead atoms. The number of carbonyl (C=O) groups excluding carboxylic acids is 1. The Labute approximate surface area is 106 Å². The van der Waals surface area contributed by atoms with Gasteiger partial charge >= 0.3 is 5.97 Å².